The van der Waals surface area contributed by atoms with E-state index in [-0.39, 0.29) is 12.3 Å². The highest BCUT2D eigenvalue weighted by molar-refractivity contribution is 14.1. The molecule has 1 heterocycles. The van der Waals surface area contributed by atoms with Crippen molar-refractivity contribution in [3.63, 3.8) is 0 Å². The zero-order valence-electron chi connectivity index (χ0n) is 13.1. The standard InChI is InChI=1S/C17H11ClIN3O4/c18-13-8-14(19)17(16-12(13)5-2-6-20-16)26-9-15(23)21-10-3-1-4-11(7-10)22(24)25/h1-8H,9H2,(H,21,23). The number of carbonyl (C=O) groups is 1. The summed E-state index contributed by atoms with van der Waals surface area (Å²) in [6.45, 7) is -0.272. The summed E-state index contributed by atoms with van der Waals surface area (Å²) in [5.74, 6) is 0.0140. The SMILES string of the molecule is O=C(COc1c(I)cc(Cl)c2cccnc12)Nc1cccc([N+](=O)[O-])c1. The number of nitro benzene ring substituents is 1. The minimum atomic E-state index is -0.528. The van der Waals surface area contributed by atoms with Gasteiger partial charge in [-0.15, -0.1) is 0 Å². The average Bonchev–Trinajstić information content (AvgIpc) is 2.61. The molecule has 0 radical (unpaired) electrons. The fourth-order valence-corrected chi connectivity index (χ4v) is 3.48. The molecule has 3 rings (SSSR count). The van der Waals surface area contributed by atoms with Crippen LogP contribution >= 0.6 is 34.2 Å². The summed E-state index contributed by atoms with van der Waals surface area (Å²) in [4.78, 5) is 26.7. The van der Waals surface area contributed by atoms with Gasteiger partial charge in [0, 0.05) is 29.4 Å². The molecule has 26 heavy (non-hydrogen) atoms. The molecule has 2 aromatic carbocycles. The summed E-state index contributed by atoms with van der Waals surface area (Å²) in [5.41, 5.74) is 0.778. The van der Waals surface area contributed by atoms with Gasteiger partial charge in [-0.25, -0.2) is 0 Å². The molecule has 1 N–H and O–H groups in total. The van der Waals surface area contributed by atoms with Gasteiger partial charge in [0.25, 0.3) is 11.6 Å². The molecule has 0 saturated carbocycles. The highest BCUT2D eigenvalue weighted by Crippen LogP contribution is 2.34. The fraction of sp³-hybridized carbons (Fsp3) is 0.0588. The first-order chi connectivity index (χ1) is 12.5. The quantitative estimate of drug-likeness (QED) is 0.329. The van der Waals surface area contributed by atoms with Gasteiger partial charge >= 0.3 is 0 Å². The van der Waals surface area contributed by atoms with Crippen molar-refractivity contribution < 1.29 is 14.5 Å². The Labute approximate surface area is 166 Å². The Hall–Kier alpha value is -2.46. The number of fused-ring (bicyclic) bond motifs is 1. The summed E-state index contributed by atoms with van der Waals surface area (Å²) in [6.07, 6.45) is 1.62. The number of ether oxygens (including phenoxy) is 1. The Bertz CT molecular complexity index is 1010. The fourth-order valence-electron chi connectivity index (χ4n) is 2.32. The largest absolute Gasteiger partial charge is 0.480 e. The first-order valence-electron chi connectivity index (χ1n) is 7.35. The molecule has 0 fully saturated rings. The Morgan fingerprint density at radius 1 is 1.31 bits per heavy atom. The van der Waals surface area contributed by atoms with Crippen molar-refractivity contribution in [1.82, 2.24) is 4.98 Å². The number of hydrogen-bond acceptors (Lipinski definition) is 5. The van der Waals surface area contributed by atoms with Crippen LogP contribution in [0.3, 0.4) is 0 Å². The van der Waals surface area contributed by atoms with Gasteiger partial charge in [-0.3, -0.25) is 19.9 Å². The molecule has 0 unspecified atom stereocenters. The van der Waals surface area contributed by atoms with E-state index in [2.05, 4.69) is 32.9 Å². The number of aromatic nitrogens is 1. The molecule has 0 aliphatic carbocycles. The molecule has 0 aliphatic rings. The van der Waals surface area contributed by atoms with Gasteiger partial charge in [-0.05, 0) is 46.9 Å². The van der Waals surface area contributed by atoms with E-state index < -0.39 is 10.8 Å². The molecule has 0 bridgehead atoms. The van der Waals surface area contributed by atoms with Crippen LogP contribution in [-0.4, -0.2) is 22.4 Å². The number of halogens is 2. The number of nitro groups is 1. The van der Waals surface area contributed by atoms with Crippen LogP contribution in [-0.2, 0) is 4.79 Å². The van der Waals surface area contributed by atoms with E-state index in [1.54, 1.807) is 24.4 Å². The molecule has 7 nitrogen and oxygen atoms in total. The van der Waals surface area contributed by atoms with E-state index in [1.165, 1.54) is 18.2 Å². The molecule has 3 aromatic rings. The number of carbonyl (C=O) groups excluding carboxylic acids is 1. The van der Waals surface area contributed by atoms with E-state index >= 15 is 0 Å². The second-order valence-electron chi connectivity index (χ2n) is 5.21. The van der Waals surface area contributed by atoms with Crippen LogP contribution in [0.2, 0.25) is 5.02 Å². The molecule has 1 aromatic heterocycles. The number of pyridine rings is 1. The normalized spacial score (nSPS) is 10.5. The maximum Gasteiger partial charge on any atom is 0.271 e. The minimum Gasteiger partial charge on any atom is -0.480 e. The van der Waals surface area contributed by atoms with Crippen molar-refractivity contribution >= 4 is 62.4 Å². The third-order valence-electron chi connectivity index (χ3n) is 3.44. The van der Waals surface area contributed by atoms with E-state index in [0.717, 1.165) is 8.96 Å². The number of anilines is 1. The lowest BCUT2D eigenvalue weighted by atomic mass is 10.2. The minimum absolute atomic E-state index is 0.105. The molecular weight excluding hydrogens is 473 g/mol. The molecule has 0 atom stereocenters. The van der Waals surface area contributed by atoms with E-state index in [1.807, 2.05) is 6.07 Å². The van der Waals surface area contributed by atoms with E-state index in [0.29, 0.717) is 22.0 Å². The number of nitrogens with zero attached hydrogens (tertiary/aromatic N) is 2. The van der Waals surface area contributed by atoms with Crippen molar-refractivity contribution in [3.8, 4) is 5.75 Å². The zero-order valence-corrected chi connectivity index (χ0v) is 16.0. The first kappa shape index (κ1) is 18.3. The van der Waals surface area contributed by atoms with Crippen molar-refractivity contribution in [2.75, 3.05) is 11.9 Å². The van der Waals surface area contributed by atoms with Gasteiger partial charge in [0.2, 0.25) is 0 Å². The van der Waals surface area contributed by atoms with Crippen LogP contribution in [0.5, 0.6) is 5.75 Å². The van der Waals surface area contributed by atoms with Gasteiger partial charge in [0.1, 0.15) is 5.52 Å². The molecule has 0 saturated heterocycles. The van der Waals surface area contributed by atoms with Gasteiger partial charge in [0.15, 0.2) is 12.4 Å². The maximum atomic E-state index is 12.1. The molecule has 1 amide bonds. The van der Waals surface area contributed by atoms with Crippen LogP contribution in [0.4, 0.5) is 11.4 Å². The second-order valence-corrected chi connectivity index (χ2v) is 6.78. The zero-order chi connectivity index (χ0) is 18.7. The lowest BCUT2D eigenvalue weighted by molar-refractivity contribution is -0.384. The summed E-state index contributed by atoms with van der Waals surface area (Å²) in [7, 11) is 0. The number of amides is 1. The number of rotatable bonds is 5. The van der Waals surface area contributed by atoms with Crippen molar-refractivity contribution in [2.45, 2.75) is 0 Å². The highest BCUT2D eigenvalue weighted by atomic mass is 127. The number of nitrogens with one attached hydrogen (secondary N) is 1. The summed E-state index contributed by atoms with van der Waals surface area (Å²) >= 11 is 8.27. The molecule has 0 spiro atoms. The van der Waals surface area contributed by atoms with Crippen LogP contribution < -0.4 is 10.1 Å². The van der Waals surface area contributed by atoms with Gasteiger partial charge in [-0.1, -0.05) is 17.7 Å². The van der Waals surface area contributed by atoms with Gasteiger partial charge in [-0.2, -0.15) is 0 Å². The van der Waals surface area contributed by atoms with Crippen molar-refractivity contribution in [3.05, 3.63) is 67.4 Å². The molecule has 132 valence electrons. The van der Waals surface area contributed by atoms with Crippen LogP contribution in [0.25, 0.3) is 10.9 Å². The topological polar surface area (TPSA) is 94.4 Å². The summed E-state index contributed by atoms with van der Waals surface area (Å²) in [6, 6.07) is 11.0. The number of non-ortho nitro benzene ring substituents is 1. The highest BCUT2D eigenvalue weighted by Gasteiger charge is 2.14. The average molecular weight is 484 g/mol. The summed E-state index contributed by atoms with van der Waals surface area (Å²) in [5, 5.41) is 14.6. The number of hydrogen-bond donors (Lipinski definition) is 1. The third-order valence-corrected chi connectivity index (χ3v) is 4.55. The maximum absolute atomic E-state index is 12.1. The van der Waals surface area contributed by atoms with Crippen molar-refractivity contribution in [2.24, 2.45) is 0 Å². The smallest absolute Gasteiger partial charge is 0.271 e. The van der Waals surface area contributed by atoms with Crippen LogP contribution in [0, 0.1) is 13.7 Å². The Balaban J connectivity index is 1.75. The predicted molar refractivity (Wildman–Crippen MR) is 107 cm³/mol. The van der Waals surface area contributed by atoms with Crippen LogP contribution in [0.1, 0.15) is 0 Å². The predicted octanol–water partition coefficient (Wildman–Crippen LogP) is 4.42. The van der Waals surface area contributed by atoms with E-state index in [9.17, 15) is 14.9 Å². The third kappa shape index (κ3) is 4.02. The second kappa shape index (κ2) is 7.83. The number of benzene rings is 2. The van der Waals surface area contributed by atoms with Gasteiger partial charge in [0.05, 0.1) is 13.5 Å². The Morgan fingerprint density at radius 3 is 2.88 bits per heavy atom. The van der Waals surface area contributed by atoms with E-state index in [4.69, 9.17) is 16.3 Å². The molecule has 0 aliphatic heterocycles. The monoisotopic (exact) mass is 483 g/mol. The Kier molecular flexibility index (Phi) is 5.52. The summed E-state index contributed by atoms with van der Waals surface area (Å²) < 4.78 is 6.37. The Morgan fingerprint density at radius 2 is 2.12 bits per heavy atom. The molecule has 9 heteroatoms. The lowest BCUT2D eigenvalue weighted by Crippen LogP contribution is -2.20. The first-order valence-corrected chi connectivity index (χ1v) is 8.81. The van der Waals surface area contributed by atoms with Crippen LogP contribution in [0.15, 0.2) is 48.7 Å². The van der Waals surface area contributed by atoms with Gasteiger partial charge < -0.3 is 10.1 Å². The molecular formula is C17H11ClIN3O4. The lowest BCUT2D eigenvalue weighted by Gasteiger charge is -2.12. The van der Waals surface area contributed by atoms with Crippen molar-refractivity contribution in [1.29, 1.82) is 0 Å².